The van der Waals surface area contributed by atoms with Crippen molar-refractivity contribution in [1.82, 2.24) is 15.3 Å². The molecule has 1 saturated heterocycles. The lowest BCUT2D eigenvalue weighted by Crippen LogP contribution is -2.50. The summed E-state index contributed by atoms with van der Waals surface area (Å²) >= 11 is 0. The molecule has 2 aliphatic rings. The molecule has 0 radical (unpaired) electrons. The number of hydrogen-bond acceptors (Lipinski definition) is 4. The molecule has 1 fully saturated rings. The van der Waals surface area contributed by atoms with E-state index in [2.05, 4.69) is 27.4 Å². The molecular formula is C15H20N4O2. The lowest BCUT2D eigenvalue weighted by molar-refractivity contribution is -0.125. The quantitative estimate of drug-likeness (QED) is 0.807. The van der Waals surface area contributed by atoms with Crippen LogP contribution < -0.4 is 15.8 Å². The highest BCUT2D eigenvalue weighted by atomic mass is 16.2. The summed E-state index contributed by atoms with van der Waals surface area (Å²) in [6.07, 6.45) is 10.8. The number of rotatable bonds is 3. The van der Waals surface area contributed by atoms with Crippen LogP contribution in [0.25, 0.3) is 0 Å². The molecule has 112 valence electrons. The molecule has 2 heterocycles. The number of carbonyl (C=O) groups is 1. The summed E-state index contributed by atoms with van der Waals surface area (Å²) < 4.78 is 0. The minimum atomic E-state index is -0.176. The van der Waals surface area contributed by atoms with Crippen molar-refractivity contribution in [2.24, 2.45) is 5.92 Å². The maximum absolute atomic E-state index is 12.2. The van der Waals surface area contributed by atoms with Gasteiger partial charge in [-0.25, -0.2) is 4.98 Å². The number of carbonyl (C=O) groups excluding carboxylic acids is 1. The predicted octanol–water partition coefficient (Wildman–Crippen LogP) is 0.821. The Morgan fingerprint density at radius 2 is 2.19 bits per heavy atom. The second kappa shape index (κ2) is 6.11. The fourth-order valence-electron chi connectivity index (χ4n) is 3.01. The summed E-state index contributed by atoms with van der Waals surface area (Å²) in [5.41, 5.74) is -0.176. The van der Waals surface area contributed by atoms with E-state index < -0.39 is 0 Å². The van der Waals surface area contributed by atoms with Crippen molar-refractivity contribution in [3.8, 4) is 0 Å². The van der Waals surface area contributed by atoms with E-state index in [9.17, 15) is 9.59 Å². The second-order valence-corrected chi connectivity index (χ2v) is 5.68. The Morgan fingerprint density at radius 1 is 1.38 bits per heavy atom. The van der Waals surface area contributed by atoms with Gasteiger partial charge in [0, 0.05) is 37.4 Å². The number of H-pyrrole nitrogens is 1. The first kappa shape index (κ1) is 13.9. The first-order valence-electron chi connectivity index (χ1n) is 7.48. The molecule has 0 aromatic carbocycles. The van der Waals surface area contributed by atoms with Crippen LogP contribution in [0.4, 0.5) is 5.82 Å². The van der Waals surface area contributed by atoms with Crippen LogP contribution in [0, 0.1) is 5.92 Å². The number of anilines is 1. The van der Waals surface area contributed by atoms with Gasteiger partial charge < -0.3 is 15.2 Å². The molecule has 1 atom stereocenters. The van der Waals surface area contributed by atoms with Crippen LogP contribution in [0.1, 0.15) is 25.7 Å². The Morgan fingerprint density at radius 3 is 2.95 bits per heavy atom. The van der Waals surface area contributed by atoms with Gasteiger partial charge in [0.25, 0.3) is 5.56 Å². The molecule has 1 aliphatic carbocycles. The van der Waals surface area contributed by atoms with E-state index in [1.807, 2.05) is 4.90 Å². The Labute approximate surface area is 123 Å². The molecular weight excluding hydrogens is 268 g/mol. The number of piperidine rings is 1. The van der Waals surface area contributed by atoms with Crippen molar-refractivity contribution in [2.75, 3.05) is 18.0 Å². The van der Waals surface area contributed by atoms with Gasteiger partial charge in [0.15, 0.2) is 5.82 Å². The molecule has 21 heavy (non-hydrogen) atoms. The summed E-state index contributed by atoms with van der Waals surface area (Å²) in [5.74, 6) is 0.652. The Balaban J connectivity index is 1.62. The largest absolute Gasteiger partial charge is 0.351 e. The maximum atomic E-state index is 12.2. The Hall–Kier alpha value is -2.11. The molecule has 0 unspecified atom stereocenters. The smallest absolute Gasteiger partial charge is 0.290 e. The van der Waals surface area contributed by atoms with Crippen LogP contribution in [0.2, 0.25) is 0 Å². The predicted molar refractivity (Wildman–Crippen MR) is 80.1 cm³/mol. The van der Waals surface area contributed by atoms with Crippen LogP contribution >= 0.6 is 0 Å². The molecule has 6 nitrogen and oxygen atoms in total. The lowest BCUT2D eigenvalue weighted by Gasteiger charge is -2.33. The van der Waals surface area contributed by atoms with Crippen LogP contribution in [0.3, 0.4) is 0 Å². The minimum absolute atomic E-state index is 0.0821. The zero-order valence-corrected chi connectivity index (χ0v) is 11.9. The van der Waals surface area contributed by atoms with Gasteiger partial charge in [-0.2, -0.15) is 0 Å². The van der Waals surface area contributed by atoms with E-state index in [4.69, 9.17) is 0 Å². The van der Waals surface area contributed by atoms with Crippen molar-refractivity contribution >= 4 is 11.7 Å². The van der Waals surface area contributed by atoms with Gasteiger partial charge in [0.1, 0.15) is 0 Å². The topological polar surface area (TPSA) is 78.1 Å². The first-order valence-corrected chi connectivity index (χ1v) is 7.48. The lowest BCUT2D eigenvalue weighted by atomic mass is 10.0. The van der Waals surface area contributed by atoms with Crippen LogP contribution in [0.15, 0.2) is 29.3 Å². The average molecular weight is 288 g/mol. The molecule has 3 rings (SSSR count). The number of nitrogens with zero attached hydrogens (tertiary/aromatic N) is 2. The van der Waals surface area contributed by atoms with Crippen molar-refractivity contribution < 1.29 is 4.79 Å². The fraction of sp³-hybridized carbons (Fsp3) is 0.533. The van der Waals surface area contributed by atoms with Crippen LogP contribution in [-0.4, -0.2) is 35.0 Å². The summed E-state index contributed by atoms with van der Waals surface area (Å²) in [6, 6.07) is 0.0910. The molecule has 0 saturated carbocycles. The third kappa shape index (κ3) is 3.15. The molecule has 1 aromatic rings. The summed E-state index contributed by atoms with van der Waals surface area (Å²) in [6.45, 7) is 1.45. The number of hydrogen-bond donors (Lipinski definition) is 2. The number of amides is 1. The van der Waals surface area contributed by atoms with E-state index in [1.54, 1.807) is 6.20 Å². The van der Waals surface area contributed by atoms with E-state index in [-0.39, 0.29) is 23.4 Å². The maximum Gasteiger partial charge on any atom is 0.290 e. The van der Waals surface area contributed by atoms with E-state index in [0.29, 0.717) is 12.4 Å². The summed E-state index contributed by atoms with van der Waals surface area (Å²) in [5, 5.41) is 3.12. The first-order chi connectivity index (χ1) is 10.2. The normalized spacial score (nSPS) is 22.5. The van der Waals surface area contributed by atoms with E-state index >= 15 is 0 Å². The molecule has 6 heteroatoms. The van der Waals surface area contributed by atoms with Crippen molar-refractivity contribution in [3.05, 3.63) is 34.9 Å². The minimum Gasteiger partial charge on any atom is -0.351 e. The third-order valence-corrected chi connectivity index (χ3v) is 4.13. The van der Waals surface area contributed by atoms with Gasteiger partial charge in [-0.1, -0.05) is 12.2 Å². The second-order valence-electron chi connectivity index (χ2n) is 5.68. The fourth-order valence-corrected chi connectivity index (χ4v) is 3.01. The molecule has 0 spiro atoms. The third-order valence-electron chi connectivity index (χ3n) is 4.13. The van der Waals surface area contributed by atoms with E-state index in [0.717, 1.165) is 32.2 Å². The highest BCUT2D eigenvalue weighted by Gasteiger charge is 2.26. The highest BCUT2D eigenvalue weighted by Crippen LogP contribution is 2.19. The van der Waals surface area contributed by atoms with Crippen molar-refractivity contribution in [1.29, 1.82) is 0 Å². The monoisotopic (exact) mass is 288 g/mol. The highest BCUT2D eigenvalue weighted by molar-refractivity contribution is 5.79. The number of allylic oxidation sites excluding steroid dienone is 2. The van der Waals surface area contributed by atoms with Crippen molar-refractivity contribution in [2.45, 2.75) is 31.7 Å². The van der Waals surface area contributed by atoms with Gasteiger partial charge in [-0.3, -0.25) is 9.59 Å². The zero-order chi connectivity index (χ0) is 14.7. The average Bonchev–Trinajstić information content (AvgIpc) is 3.02. The molecule has 1 amide bonds. The van der Waals surface area contributed by atoms with Gasteiger partial charge >= 0.3 is 0 Å². The van der Waals surface area contributed by atoms with Gasteiger partial charge in [0.05, 0.1) is 0 Å². The Kier molecular flexibility index (Phi) is 4.03. The molecule has 0 bridgehead atoms. The van der Waals surface area contributed by atoms with Crippen molar-refractivity contribution in [3.63, 3.8) is 0 Å². The van der Waals surface area contributed by atoms with Crippen LogP contribution in [-0.2, 0) is 4.79 Å². The molecule has 2 N–H and O–H groups in total. The zero-order valence-electron chi connectivity index (χ0n) is 11.9. The molecule has 1 aliphatic heterocycles. The van der Waals surface area contributed by atoms with Gasteiger partial charge in [-0.15, -0.1) is 0 Å². The van der Waals surface area contributed by atoms with Crippen LogP contribution in [0.5, 0.6) is 0 Å². The Bertz CT molecular complexity index is 587. The summed E-state index contributed by atoms with van der Waals surface area (Å²) in [4.78, 5) is 32.7. The standard InChI is InChI=1S/C15H20N4O2/c20-14(11-4-1-2-5-11)18-12-6-3-9-19(10-12)13-15(21)17-8-7-16-13/h1-2,7-8,11-12H,3-6,9-10H2,(H,17,21)(H,18,20)/t12-/m0/s1. The number of nitrogens with one attached hydrogen (secondary N) is 2. The summed E-state index contributed by atoms with van der Waals surface area (Å²) in [7, 11) is 0. The SMILES string of the molecule is O=C(N[C@H]1CCCN(c2ncc[nH]c2=O)C1)C1CC=CC1. The molecule has 1 aromatic heterocycles. The number of aromatic amines is 1. The van der Waals surface area contributed by atoms with E-state index in [1.165, 1.54) is 6.20 Å². The van der Waals surface area contributed by atoms with Gasteiger partial charge in [0.2, 0.25) is 5.91 Å². The van der Waals surface area contributed by atoms with Gasteiger partial charge in [-0.05, 0) is 25.7 Å². The number of aromatic nitrogens is 2.